The quantitative estimate of drug-likeness (QED) is 0.785. The Bertz CT molecular complexity index is 704. The molecule has 0 unspecified atom stereocenters. The molecule has 0 aliphatic carbocycles. The maximum Gasteiger partial charge on any atom is 0.128 e. The highest BCUT2D eigenvalue weighted by atomic mass is 32.1. The summed E-state index contributed by atoms with van der Waals surface area (Å²) in [5.41, 5.74) is 2.10. The van der Waals surface area contributed by atoms with Crippen LogP contribution in [0, 0.1) is 6.92 Å². The molecule has 3 aromatic rings. The highest BCUT2D eigenvalue weighted by Gasteiger charge is 2.05. The minimum absolute atomic E-state index is 0.0203. The van der Waals surface area contributed by atoms with E-state index in [1.165, 1.54) is 16.9 Å². The van der Waals surface area contributed by atoms with Gasteiger partial charge in [0.25, 0.3) is 0 Å². The summed E-state index contributed by atoms with van der Waals surface area (Å²) < 4.78 is 6.82. The van der Waals surface area contributed by atoms with Crippen molar-refractivity contribution in [3.8, 4) is 11.5 Å². The molecule has 3 nitrogen and oxygen atoms in total. The average Bonchev–Trinajstić information content (AvgIpc) is 2.83. The molecule has 2 aromatic carbocycles. The fourth-order valence-corrected chi connectivity index (χ4v) is 2.68. The van der Waals surface area contributed by atoms with Crippen molar-refractivity contribution < 1.29 is 9.84 Å². The first-order valence-electron chi connectivity index (χ1n) is 5.99. The Morgan fingerprint density at radius 1 is 1.11 bits per heavy atom. The minimum Gasteiger partial charge on any atom is -0.457 e. The molecule has 0 bridgehead atoms. The summed E-state index contributed by atoms with van der Waals surface area (Å²) >= 11 is 1.48. The van der Waals surface area contributed by atoms with Crippen LogP contribution in [0.3, 0.4) is 0 Å². The van der Waals surface area contributed by atoms with Crippen molar-refractivity contribution in [2.24, 2.45) is 0 Å². The zero-order valence-electron chi connectivity index (χ0n) is 10.5. The van der Waals surface area contributed by atoms with Crippen molar-refractivity contribution in [1.29, 1.82) is 0 Å². The lowest BCUT2D eigenvalue weighted by Gasteiger charge is -2.05. The molecule has 4 heteroatoms. The summed E-state index contributed by atoms with van der Waals surface area (Å²) in [4.78, 5) is 4.30. The Kier molecular flexibility index (Phi) is 3.19. The molecule has 0 saturated carbocycles. The number of aliphatic hydroxyl groups excluding tert-OH is 1. The van der Waals surface area contributed by atoms with Gasteiger partial charge in [-0.05, 0) is 31.2 Å². The van der Waals surface area contributed by atoms with E-state index in [0.29, 0.717) is 0 Å². The van der Waals surface area contributed by atoms with Gasteiger partial charge in [0.05, 0.1) is 16.8 Å². The predicted octanol–water partition coefficient (Wildman–Crippen LogP) is 3.89. The van der Waals surface area contributed by atoms with E-state index in [2.05, 4.69) is 4.98 Å². The average molecular weight is 271 g/mol. The van der Waals surface area contributed by atoms with Crippen molar-refractivity contribution in [2.45, 2.75) is 13.5 Å². The van der Waals surface area contributed by atoms with E-state index in [1.54, 1.807) is 0 Å². The lowest BCUT2D eigenvalue weighted by atomic mass is 10.2. The van der Waals surface area contributed by atoms with Gasteiger partial charge in [-0.1, -0.05) is 17.7 Å². The van der Waals surface area contributed by atoms with E-state index >= 15 is 0 Å². The molecule has 0 saturated heterocycles. The van der Waals surface area contributed by atoms with Gasteiger partial charge in [0.1, 0.15) is 16.5 Å². The van der Waals surface area contributed by atoms with Gasteiger partial charge in [0, 0.05) is 6.07 Å². The molecule has 1 N–H and O–H groups in total. The first-order chi connectivity index (χ1) is 9.24. The molecule has 0 atom stereocenters. The Labute approximate surface area is 115 Å². The molecule has 3 rings (SSSR count). The maximum absolute atomic E-state index is 9.09. The van der Waals surface area contributed by atoms with Crippen LogP contribution in [0.15, 0.2) is 42.5 Å². The highest BCUT2D eigenvalue weighted by Crippen LogP contribution is 2.29. The topological polar surface area (TPSA) is 42.4 Å². The number of ether oxygens (including phenoxy) is 1. The van der Waals surface area contributed by atoms with Gasteiger partial charge in [0.2, 0.25) is 0 Å². The van der Waals surface area contributed by atoms with Crippen molar-refractivity contribution in [3.05, 3.63) is 53.0 Å². The molecular weight excluding hydrogens is 258 g/mol. The molecule has 0 amide bonds. The third kappa shape index (κ3) is 2.59. The lowest BCUT2D eigenvalue weighted by Crippen LogP contribution is -1.83. The van der Waals surface area contributed by atoms with Crippen LogP contribution in [0.2, 0.25) is 0 Å². The third-order valence-corrected chi connectivity index (χ3v) is 3.80. The van der Waals surface area contributed by atoms with Gasteiger partial charge < -0.3 is 9.84 Å². The summed E-state index contributed by atoms with van der Waals surface area (Å²) in [5, 5.41) is 9.81. The monoisotopic (exact) mass is 271 g/mol. The zero-order chi connectivity index (χ0) is 13.2. The zero-order valence-corrected chi connectivity index (χ0v) is 11.3. The standard InChI is InChI=1S/C15H13NO2S/c1-10-2-4-11(5-3-10)18-12-6-7-13-14(8-12)19-15(9-17)16-13/h2-8,17H,9H2,1H3. The van der Waals surface area contributed by atoms with Crippen LogP contribution in [0.5, 0.6) is 11.5 Å². The van der Waals surface area contributed by atoms with E-state index in [-0.39, 0.29) is 6.61 Å². The summed E-state index contributed by atoms with van der Waals surface area (Å²) in [5.74, 6) is 1.60. The van der Waals surface area contributed by atoms with E-state index in [4.69, 9.17) is 9.84 Å². The summed E-state index contributed by atoms with van der Waals surface area (Å²) in [6, 6.07) is 13.7. The SMILES string of the molecule is Cc1ccc(Oc2ccc3nc(CO)sc3c2)cc1. The second kappa shape index (κ2) is 4.99. The molecule has 0 aliphatic heterocycles. The molecule has 96 valence electrons. The van der Waals surface area contributed by atoms with Gasteiger partial charge >= 0.3 is 0 Å². The number of hydrogen-bond donors (Lipinski definition) is 1. The number of rotatable bonds is 3. The smallest absolute Gasteiger partial charge is 0.128 e. The van der Waals surface area contributed by atoms with Crippen LogP contribution in [0.1, 0.15) is 10.6 Å². The summed E-state index contributed by atoms with van der Waals surface area (Å²) in [7, 11) is 0. The maximum atomic E-state index is 9.09. The molecule has 19 heavy (non-hydrogen) atoms. The number of fused-ring (bicyclic) bond motifs is 1. The fraction of sp³-hybridized carbons (Fsp3) is 0.133. The second-order valence-electron chi connectivity index (χ2n) is 4.31. The second-order valence-corrected chi connectivity index (χ2v) is 5.43. The number of hydrogen-bond acceptors (Lipinski definition) is 4. The van der Waals surface area contributed by atoms with Crippen molar-refractivity contribution in [3.63, 3.8) is 0 Å². The molecule has 0 aliphatic rings. The molecule has 0 radical (unpaired) electrons. The Morgan fingerprint density at radius 2 is 1.84 bits per heavy atom. The Morgan fingerprint density at radius 3 is 2.58 bits per heavy atom. The number of aliphatic hydroxyl groups is 1. The molecule has 0 fully saturated rings. The van der Waals surface area contributed by atoms with E-state index in [9.17, 15) is 0 Å². The van der Waals surface area contributed by atoms with Gasteiger partial charge in [0.15, 0.2) is 0 Å². The number of aromatic nitrogens is 1. The number of benzene rings is 2. The fourth-order valence-electron chi connectivity index (χ4n) is 1.83. The van der Waals surface area contributed by atoms with E-state index in [1.807, 2.05) is 49.4 Å². The number of nitrogens with zero attached hydrogens (tertiary/aromatic N) is 1. The molecule has 1 aromatic heterocycles. The number of aryl methyl sites for hydroxylation is 1. The van der Waals surface area contributed by atoms with Gasteiger partial charge in [-0.3, -0.25) is 0 Å². The van der Waals surface area contributed by atoms with Crippen molar-refractivity contribution in [1.82, 2.24) is 4.98 Å². The number of thiazole rings is 1. The lowest BCUT2D eigenvalue weighted by molar-refractivity contribution is 0.281. The summed E-state index contributed by atoms with van der Waals surface area (Å²) in [6.07, 6.45) is 0. The molecule has 1 heterocycles. The summed E-state index contributed by atoms with van der Waals surface area (Å²) in [6.45, 7) is 2.02. The third-order valence-electron chi connectivity index (χ3n) is 2.80. The first-order valence-corrected chi connectivity index (χ1v) is 6.81. The van der Waals surface area contributed by atoms with Crippen LogP contribution in [0.4, 0.5) is 0 Å². The normalized spacial score (nSPS) is 10.8. The van der Waals surface area contributed by atoms with Crippen molar-refractivity contribution >= 4 is 21.6 Å². The molecular formula is C15H13NO2S. The van der Waals surface area contributed by atoms with Crippen LogP contribution >= 0.6 is 11.3 Å². The van der Waals surface area contributed by atoms with Gasteiger partial charge in [-0.25, -0.2) is 4.98 Å². The Hall–Kier alpha value is -1.91. The van der Waals surface area contributed by atoms with Gasteiger partial charge in [-0.15, -0.1) is 11.3 Å². The van der Waals surface area contributed by atoms with Crippen LogP contribution < -0.4 is 4.74 Å². The largest absolute Gasteiger partial charge is 0.457 e. The first kappa shape index (κ1) is 12.1. The van der Waals surface area contributed by atoms with Crippen LogP contribution in [-0.4, -0.2) is 10.1 Å². The van der Waals surface area contributed by atoms with Crippen LogP contribution in [-0.2, 0) is 6.61 Å². The van der Waals surface area contributed by atoms with E-state index < -0.39 is 0 Å². The molecule has 0 spiro atoms. The Balaban J connectivity index is 1.90. The minimum atomic E-state index is -0.0203. The van der Waals surface area contributed by atoms with Crippen molar-refractivity contribution in [2.75, 3.05) is 0 Å². The highest BCUT2D eigenvalue weighted by molar-refractivity contribution is 7.18. The van der Waals surface area contributed by atoms with Gasteiger partial charge in [-0.2, -0.15) is 0 Å². The van der Waals surface area contributed by atoms with Crippen LogP contribution in [0.25, 0.3) is 10.2 Å². The predicted molar refractivity (Wildman–Crippen MR) is 76.8 cm³/mol. The van der Waals surface area contributed by atoms with E-state index in [0.717, 1.165) is 26.7 Å².